The smallest absolute Gasteiger partial charge is 0.315 e. The standard InChI is InChI=1S/C17H21N3O4S/c1-24-16-5-3-2-4-14(16)10-11-19-17(21)20-12-13-6-8-15(9-7-13)25(18,22)23/h2-9H,10-12H2,1H3,(H2,18,22,23)(H2,19,20,21). The molecular weight excluding hydrogens is 342 g/mol. The van der Waals surface area contributed by atoms with Gasteiger partial charge in [-0.15, -0.1) is 0 Å². The molecule has 0 aliphatic carbocycles. The number of urea groups is 1. The molecule has 0 atom stereocenters. The Kier molecular flexibility index (Phi) is 6.37. The normalized spacial score (nSPS) is 11.0. The van der Waals surface area contributed by atoms with Crippen LogP contribution < -0.4 is 20.5 Å². The van der Waals surface area contributed by atoms with E-state index < -0.39 is 10.0 Å². The molecule has 7 nitrogen and oxygen atoms in total. The summed E-state index contributed by atoms with van der Waals surface area (Å²) in [6, 6.07) is 13.4. The van der Waals surface area contributed by atoms with E-state index in [0.29, 0.717) is 13.0 Å². The number of hydrogen-bond donors (Lipinski definition) is 3. The molecule has 0 radical (unpaired) electrons. The first-order valence-electron chi connectivity index (χ1n) is 7.65. The van der Waals surface area contributed by atoms with Crippen molar-refractivity contribution < 1.29 is 17.9 Å². The van der Waals surface area contributed by atoms with Crippen LogP contribution in [0.3, 0.4) is 0 Å². The van der Waals surface area contributed by atoms with Gasteiger partial charge in [-0.1, -0.05) is 30.3 Å². The molecule has 8 heteroatoms. The average molecular weight is 363 g/mol. The van der Waals surface area contributed by atoms with Crippen LogP contribution in [0.25, 0.3) is 0 Å². The number of ether oxygens (including phenoxy) is 1. The maximum atomic E-state index is 11.8. The summed E-state index contributed by atoms with van der Waals surface area (Å²) in [7, 11) is -2.09. The number of primary sulfonamides is 1. The predicted molar refractivity (Wildman–Crippen MR) is 94.8 cm³/mol. The molecule has 0 aromatic heterocycles. The summed E-state index contributed by atoms with van der Waals surface area (Å²) in [5.74, 6) is 0.791. The van der Waals surface area contributed by atoms with E-state index >= 15 is 0 Å². The Morgan fingerprint density at radius 1 is 1.08 bits per heavy atom. The Bertz CT molecular complexity index is 820. The topological polar surface area (TPSA) is 111 Å². The van der Waals surface area contributed by atoms with Gasteiger partial charge in [0.15, 0.2) is 0 Å². The third-order valence-corrected chi connectivity index (χ3v) is 4.51. The summed E-state index contributed by atoms with van der Waals surface area (Å²) in [4.78, 5) is 11.9. The van der Waals surface area contributed by atoms with Crippen LogP contribution in [0.1, 0.15) is 11.1 Å². The number of amides is 2. The minimum absolute atomic E-state index is 0.0394. The molecule has 0 heterocycles. The van der Waals surface area contributed by atoms with Crippen molar-refractivity contribution in [1.29, 1.82) is 0 Å². The van der Waals surface area contributed by atoms with Gasteiger partial charge in [-0.3, -0.25) is 0 Å². The highest BCUT2D eigenvalue weighted by Gasteiger charge is 2.07. The number of rotatable bonds is 7. The molecule has 0 bridgehead atoms. The van der Waals surface area contributed by atoms with Crippen molar-refractivity contribution in [2.45, 2.75) is 17.9 Å². The van der Waals surface area contributed by atoms with E-state index in [9.17, 15) is 13.2 Å². The lowest BCUT2D eigenvalue weighted by atomic mass is 10.1. The van der Waals surface area contributed by atoms with Gasteiger partial charge in [-0.25, -0.2) is 18.4 Å². The van der Waals surface area contributed by atoms with Crippen LogP contribution in [0.2, 0.25) is 0 Å². The molecule has 4 N–H and O–H groups in total. The Morgan fingerprint density at radius 3 is 2.40 bits per heavy atom. The summed E-state index contributed by atoms with van der Waals surface area (Å²) < 4.78 is 27.6. The number of nitrogens with two attached hydrogens (primary N) is 1. The third-order valence-electron chi connectivity index (χ3n) is 3.58. The minimum atomic E-state index is -3.70. The summed E-state index contributed by atoms with van der Waals surface area (Å²) in [5, 5.41) is 10.5. The molecule has 2 rings (SSSR count). The van der Waals surface area contributed by atoms with Crippen molar-refractivity contribution in [3.8, 4) is 5.75 Å². The van der Waals surface area contributed by atoms with Crippen LogP contribution in [0.4, 0.5) is 4.79 Å². The Balaban J connectivity index is 1.77. The van der Waals surface area contributed by atoms with E-state index in [4.69, 9.17) is 9.88 Å². The van der Waals surface area contributed by atoms with Gasteiger partial charge in [0.2, 0.25) is 10.0 Å². The fraction of sp³-hybridized carbons (Fsp3) is 0.235. The van der Waals surface area contributed by atoms with E-state index in [1.165, 1.54) is 12.1 Å². The maximum absolute atomic E-state index is 11.8. The first kappa shape index (κ1) is 18.8. The SMILES string of the molecule is COc1ccccc1CCNC(=O)NCc1ccc(S(N)(=O)=O)cc1. The van der Waals surface area contributed by atoms with Crippen molar-refractivity contribution in [2.75, 3.05) is 13.7 Å². The molecule has 2 aromatic rings. The molecule has 134 valence electrons. The number of sulfonamides is 1. The zero-order chi connectivity index (χ0) is 18.3. The lowest BCUT2D eigenvalue weighted by molar-refractivity contribution is 0.240. The second-order valence-corrected chi connectivity index (χ2v) is 6.92. The molecule has 0 unspecified atom stereocenters. The molecule has 0 saturated heterocycles. The number of nitrogens with one attached hydrogen (secondary N) is 2. The van der Waals surface area contributed by atoms with E-state index in [0.717, 1.165) is 16.9 Å². The maximum Gasteiger partial charge on any atom is 0.315 e. The molecule has 25 heavy (non-hydrogen) atoms. The largest absolute Gasteiger partial charge is 0.496 e. The van der Waals surface area contributed by atoms with Crippen molar-refractivity contribution in [1.82, 2.24) is 10.6 Å². The average Bonchev–Trinajstić information content (AvgIpc) is 2.60. The van der Waals surface area contributed by atoms with Crippen molar-refractivity contribution in [2.24, 2.45) is 5.14 Å². The fourth-order valence-electron chi connectivity index (χ4n) is 2.26. The van der Waals surface area contributed by atoms with Gasteiger partial charge in [-0.05, 0) is 35.7 Å². The van der Waals surface area contributed by atoms with Crippen LogP contribution in [0.15, 0.2) is 53.4 Å². The van der Waals surface area contributed by atoms with Crippen LogP contribution in [0.5, 0.6) is 5.75 Å². The highest BCUT2D eigenvalue weighted by molar-refractivity contribution is 7.89. The van der Waals surface area contributed by atoms with Gasteiger partial charge >= 0.3 is 6.03 Å². The van der Waals surface area contributed by atoms with Gasteiger partial charge in [0.05, 0.1) is 12.0 Å². The number of methoxy groups -OCH3 is 1. The highest BCUT2D eigenvalue weighted by Crippen LogP contribution is 2.17. The van der Waals surface area contributed by atoms with Gasteiger partial charge in [0.25, 0.3) is 0 Å². The summed E-state index contributed by atoms with van der Waals surface area (Å²) in [5.41, 5.74) is 1.79. The first-order chi connectivity index (χ1) is 11.9. The second-order valence-electron chi connectivity index (χ2n) is 5.36. The summed E-state index contributed by atoms with van der Waals surface area (Å²) >= 11 is 0. The molecule has 0 aliphatic rings. The zero-order valence-corrected chi connectivity index (χ0v) is 14.7. The first-order valence-corrected chi connectivity index (χ1v) is 9.20. The minimum Gasteiger partial charge on any atom is -0.496 e. The van der Waals surface area contributed by atoms with Gasteiger partial charge in [-0.2, -0.15) is 0 Å². The Hall–Kier alpha value is -2.58. The number of benzene rings is 2. The number of carbonyl (C=O) groups is 1. The lowest BCUT2D eigenvalue weighted by Gasteiger charge is -2.10. The van der Waals surface area contributed by atoms with Crippen LogP contribution >= 0.6 is 0 Å². The monoisotopic (exact) mass is 363 g/mol. The summed E-state index contributed by atoms with van der Waals surface area (Å²) in [6.07, 6.45) is 0.653. The zero-order valence-electron chi connectivity index (χ0n) is 13.9. The van der Waals surface area contributed by atoms with Gasteiger partial charge in [0.1, 0.15) is 5.75 Å². The van der Waals surface area contributed by atoms with E-state index in [1.54, 1.807) is 19.2 Å². The van der Waals surface area contributed by atoms with Gasteiger partial charge < -0.3 is 15.4 Å². The molecular formula is C17H21N3O4S. The number of hydrogen-bond acceptors (Lipinski definition) is 4. The van der Waals surface area contributed by atoms with Crippen molar-refractivity contribution in [3.05, 3.63) is 59.7 Å². The number of para-hydroxylation sites is 1. The van der Waals surface area contributed by atoms with Gasteiger partial charge in [0, 0.05) is 13.1 Å². The molecule has 0 aliphatic heterocycles. The van der Waals surface area contributed by atoms with Crippen LogP contribution in [-0.4, -0.2) is 28.1 Å². The van der Waals surface area contributed by atoms with Crippen molar-refractivity contribution >= 4 is 16.1 Å². The molecule has 0 spiro atoms. The third kappa shape index (κ3) is 5.77. The Labute approximate surface area is 147 Å². The molecule has 2 aromatic carbocycles. The molecule has 0 saturated carbocycles. The van der Waals surface area contributed by atoms with Crippen LogP contribution in [-0.2, 0) is 23.0 Å². The second kappa shape index (κ2) is 8.50. The summed E-state index contributed by atoms with van der Waals surface area (Å²) in [6.45, 7) is 0.752. The predicted octanol–water partition coefficient (Wildman–Crippen LogP) is 1.38. The molecule has 2 amide bonds. The Morgan fingerprint density at radius 2 is 1.76 bits per heavy atom. The van der Waals surface area contributed by atoms with E-state index in [1.807, 2.05) is 24.3 Å². The fourth-order valence-corrected chi connectivity index (χ4v) is 2.78. The quantitative estimate of drug-likeness (QED) is 0.690. The van der Waals surface area contributed by atoms with E-state index in [-0.39, 0.29) is 17.5 Å². The van der Waals surface area contributed by atoms with Crippen LogP contribution in [0, 0.1) is 0 Å². The molecule has 0 fully saturated rings. The van der Waals surface area contributed by atoms with Crippen molar-refractivity contribution in [3.63, 3.8) is 0 Å². The lowest BCUT2D eigenvalue weighted by Crippen LogP contribution is -2.36. The number of carbonyl (C=O) groups excluding carboxylic acids is 1. The van der Waals surface area contributed by atoms with E-state index in [2.05, 4.69) is 10.6 Å². The highest BCUT2D eigenvalue weighted by atomic mass is 32.2.